The fraction of sp³-hybridized carbons (Fsp3) is 0.600. The molecule has 2 heterocycles. The molecule has 0 radical (unpaired) electrons. The van der Waals surface area contributed by atoms with Crippen molar-refractivity contribution in [3.05, 3.63) is 10.4 Å². The number of nitrogens with zero attached hydrogens (tertiary/aromatic N) is 2. The van der Waals surface area contributed by atoms with Crippen molar-refractivity contribution >= 4 is 27.8 Å². The van der Waals surface area contributed by atoms with Crippen LogP contribution in [-0.4, -0.2) is 29.6 Å². The lowest BCUT2D eigenvalue weighted by Gasteiger charge is -2.23. The van der Waals surface area contributed by atoms with Gasteiger partial charge in [-0.1, -0.05) is 6.92 Å². The van der Waals surface area contributed by atoms with Crippen molar-refractivity contribution in [2.45, 2.75) is 45.1 Å². The van der Waals surface area contributed by atoms with Gasteiger partial charge in [-0.15, -0.1) is 11.3 Å². The maximum atomic E-state index is 11.9. The van der Waals surface area contributed by atoms with Crippen molar-refractivity contribution in [1.82, 2.24) is 0 Å². The van der Waals surface area contributed by atoms with Crippen molar-refractivity contribution in [2.75, 3.05) is 23.7 Å². The van der Waals surface area contributed by atoms with E-state index in [-0.39, 0.29) is 5.78 Å². The minimum absolute atomic E-state index is 0.0259. The lowest BCUT2D eigenvalue weighted by Crippen LogP contribution is -2.28. The third-order valence-corrected chi connectivity index (χ3v) is 5.27. The van der Waals surface area contributed by atoms with Crippen LogP contribution in [0.2, 0.25) is 0 Å². The van der Waals surface area contributed by atoms with Gasteiger partial charge in [0.15, 0.2) is 5.78 Å². The Kier molecular flexibility index (Phi) is 4.55. The highest BCUT2D eigenvalue weighted by Gasteiger charge is 2.29. The molecule has 5 nitrogen and oxygen atoms in total. The molecule has 1 aliphatic rings. The first-order valence-corrected chi connectivity index (χ1v) is 8.04. The third kappa shape index (κ3) is 3.20. The summed E-state index contributed by atoms with van der Waals surface area (Å²) in [5, 5.41) is 20.3. The molecule has 0 bridgehead atoms. The molecule has 114 valence electrons. The molecule has 6 heteroatoms. The standard InChI is InChI=1S/C15H21N3O2S/c1-3-11(19)13-12(17)10(9-16)14(21-13)18-7-4-5-15(2,20)6-8-18/h20H,3-8,17H2,1-2H3. The minimum atomic E-state index is -0.660. The number of aliphatic hydroxyl groups is 1. The molecule has 1 fully saturated rings. The van der Waals surface area contributed by atoms with Crippen LogP contribution in [0.25, 0.3) is 0 Å². The monoisotopic (exact) mass is 307 g/mol. The predicted octanol–water partition coefficient (Wildman–Crippen LogP) is 2.54. The molecule has 1 saturated heterocycles. The summed E-state index contributed by atoms with van der Waals surface area (Å²) in [6.45, 7) is 5.07. The highest BCUT2D eigenvalue weighted by Crippen LogP contribution is 2.39. The van der Waals surface area contributed by atoms with Gasteiger partial charge in [-0.05, 0) is 26.2 Å². The summed E-state index contributed by atoms with van der Waals surface area (Å²) < 4.78 is 0. The molecule has 1 atom stereocenters. The number of thiophene rings is 1. The summed E-state index contributed by atoms with van der Waals surface area (Å²) in [6, 6.07) is 2.13. The first-order chi connectivity index (χ1) is 9.89. The molecule has 0 spiro atoms. The fourth-order valence-corrected chi connectivity index (χ4v) is 3.83. The number of nitriles is 1. The summed E-state index contributed by atoms with van der Waals surface area (Å²) in [6.07, 6.45) is 2.62. The van der Waals surface area contributed by atoms with Gasteiger partial charge in [-0.3, -0.25) is 4.79 Å². The van der Waals surface area contributed by atoms with Crippen molar-refractivity contribution in [2.24, 2.45) is 0 Å². The molecule has 2 rings (SSSR count). The normalized spacial score (nSPS) is 22.7. The van der Waals surface area contributed by atoms with E-state index in [0.29, 0.717) is 35.5 Å². The highest BCUT2D eigenvalue weighted by molar-refractivity contribution is 7.19. The number of carbonyl (C=O) groups excluding carboxylic acids is 1. The molecule has 1 unspecified atom stereocenters. The SMILES string of the molecule is CCC(=O)c1sc(N2CCCC(C)(O)CC2)c(C#N)c1N. The molecular formula is C15H21N3O2S. The van der Waals surface area contributed by atoms with E-state index in [0.717, 1.165) is 24.4 Å². The zero-order chi connectivity index (χ0) is 15.6. The van der Waals surface area contributed by atoms with Crippen LogP contribution in [0.5, 0.6) is 0 Å². The molecular weight excluding hydrogens is 286 g/mol. The van der Waals surface area contributed by atoms with Gasteiger partial charge in [-0.2, -0.15) is 5.26 Å². The van der Waals surface area contributed by atoms with Gasteiger partial charge in [0, 0.05) is 19.5 Å². The predicted molar refractivity (Wildman–Crippen MR) is 84.8 cm³/mol. The van der Waals surface area contributed by atoms with Crippen LogP contribution in [0.3, 0.4) is 0 Å². The van der Waals surface area contributed by atoms with E-state index >= 15 is 0 Å². The van der Waals surface area contributed by atoms with E-state index in [2.05, 4.69) is 11.0 Å². The zero-order valence-corrected chi connectivity index (χ0v) is 13.3. The largest absolute Gasteiger partial charge is 0.396 e. The van der Waals surface area contributed by atoms with E-state index in [1.165, 1.54) is 11.3 Å². The topological polar surface area (TPSA) is 90.4 Å². The third-order valence-electron chi connectivity index (χ3n) is 3.96. The number of nitrogen functional groups attached to an aromatic ring is 1. The summed E-state index contributed by atoms with van der Waals surface area (Å²) in [5.74, 6) is -0.0259. The Morgan fingerprint density at radius 2 is 2.24 bits per heavy atom. The van der Waals surface area contributed by atoms with Gasteiger partial charge in [-0.25, -0.2) is 0 Å². The Morgan fingerprint density at radius 1 is 1.52 bits per heavy atom. The van der Waals surface area contributed by atoms with Gasteiger partial charge in [0.1, 0.15) is 16.6 Å². The average Bonchev–Trinajstić information content (AvgIpc) is 2.66. The number of hydrogen-bond donors (Lipinski definition) is 2. The molecule has 1 aromatic heterocycles. The summed E-state index contributed by atoms with van der Waals surface area (Å²) >= 11 is 1.31. The molecule has 0 aromatic carbocycles. The van der Waals surface area contributed by atoms with Crippen molar-refractivity contribution in [3.8, 4) is 6.07 Å². The van der Waals surface area contributed by atoms with Gasteiger partial charge in [0.2, 0.25) is 0 Å². The number of Topliss-reactive ketones (excluding diaryl/α,β-unsaturated/α-hetero) is 1. The molecule has 3 N–H and O–H groups in total. The zero-order valence-electron chi connectivity index (χ0n) is 12.5. The smallest absolute Gasteiger partial charge is 0.174 e. The molecule has 1 aliphatic heterocycles. The lowest BCUT2D eigenvalue weighted by molar-refractivity contribution is 0.0481. The minimum Gasteiger partial charge on any atom is -0.396 e. The summed E-state index contributed by atoms with van der Waals surface area (Å²) in [7, 11) is 0. The number of nitrogens with two attached hydrogens (primary N) is 1. The van der Waals surface area contributed by atoms with E-state index in [1.54, 1.807) is 6.92 Å². The van der Waals surface area contributed by atoms with E-state index in [4.69, 9.17) is 5.73 Å². The molecule has 0 saturated carbocycles. The van der Waals surface area contributed by atoms with Crippen LogP contribution in [0.4, 0.5) is 10.7 Å². The van der Waals surface area contributed by atoms with Crippen LogP contribution in [0.15, 0.2) is 0 Å². The second-order valence-electron chi connectivity index (χ2n) is 5.75. The Bertz CT molecular complexity index is 586. The number of rotatable bonds is 3. The van der Waals surface area contributed by atoms with Crippen LogP contribution < -0.4 is 10.6 Å². The highest BCUT2D eigenvalue weighted by atomic mass is 32.1. The maximum absolute atomic E-state index is 11.9. The Balaban J connectivity index is 2.35. The average molecular weight is 307 g/mol. The first kappa shape index (κ1) is 15.8. The quantitative estimate of drug-likeness (QED) is 0.837. The first-order valence-electron chi connectivity index (χ1n) is 7.22. The number of hydrogen-bond acceptors (Lipinski definition) is 6. The Labute approximate surface area is 129 Å². The summed E-state index contributed by atoms with van der Waals surface area (Å²) in [4.78, 5) is 14.5. The Morgan fingerprint density at radius 3 is 2.86 bits per heavy atom. The summed E-state index contributed by atoms with van der Waals surface area (Å²) in [5.41, 5.74) is 6.03. The molecule has 0 amide bonds. The van der Waals surface area contributed by atoms with Crippen molar-refractivity contribution < 1.29 is 9.90 Å². The van der Waals surface area contributed by atoms with Gasteiger partial charge in [0.05, 0.1) is 16.2 Å². The molecule has 21 heavy (non-hydrogen) atoms. The maximum Gasteiger partial charge on any atom is 0.174 e. The van der Waals surface area contributed by atoms with Crippen LogP contribution in [-0.2, 0) is 0 Å². The van der Waals surface area contributed by atoms with Crippen LogP contribution in [0, 0.1) is 11.3 Å². The number of ketones is 1. The second kappa shape index (κ2) is 6.04. The van der Waals surface area contributed by atoms with Crippen molar-refractivity contribution in [1.29, 1.82) is 5.26 Å². The van der Waals surface area contributed by atoms with E-state index < -0.39 is 5.60 Å². The van der Waals surface area contributed by atoms with E-state index in [1.807, 2.05) is 6.92 Å². The van der Waals surface area contributed by atoms with Gasteiger partial charge < -0.3 is 15.7 Å². The van der Waals surface area contributed by atoms with Crippen molar-refractivity contribution in [3.63, 3.8) is 0 Å². The molecule has 0 aliphatic carbocycles. The lowest BCUT2D eigenvalue weighted by atomic mass is 9.98. The number of anilines is 2. The Hall–Kier alpha value is -1.58. The van der Waals surface area contributed by atoms with E-state index in [9.17, 15) is 15.2 Å². The second-order valence-corrected chi connectivity index (χ2v) is 6.75. The van der Waals surface area contributed by atoms with Gasteiger partial charge >= 0.3 is 0 Å². The van der Waals surface area contributed by atoms with Crippen LogP contribution in [0.1, 0.15) is 54.8 Å². The van der Waals surface area contributed by atoms with Crippen LogP contribution >= 0.6 is 11.3 Å². The molecule has 1 aromatic rings. The fourth-order valence-electron chi connectivity index (χ4n) is 2.60. The number of carbonyl (C=O) groups is 1. The van der Waals surface area contributed by atoms with Gasteiger partial charge in [0.25, 0.3) is 0 Å².